The number of anilines is 1. The highest BCUT2D eigenvalue weighted by Crippen LogP contribution is 2.34. The molecule has 0 radical (unpaired) electrons. The van der Waals surface area contributed by atoms with Crippen LogP contribution in [0.5, 0.6) is 0 Å². The minimum Gasteiger partial charge on any atom is -0.451 e. The Kier molecular flexibility index (Phi) is 4.08. The third kappa shape index (κ3) is 3.09. The summed E-state index contributed by atoms with van der Waals surface area (Å²) in [4.78, 5) is 13.0. The van der Waals surface area contributed by atoms with Gasteiger partial charge in [0.05, 0.1) is 22.9 Å². The molecule has 4 aromatic rings. The number of furan rings is 1. The van der Waals surface area contributed by atoms with Crippen LogP contribution in [0, 0.1) is 13.8 Å². The second-order valence-corrected chi connectivity index (χ2v) is 9.67. The number of hydrogen-bond donors (Lipinski definition) is 1. The Balaban J connectivity index is 1.60. The first kappa shape index (κ1) is 18.6. The minimum atomic E-state index is -3.27. The van der Waals surface area contributed by atoms with Crippen LogP contribution in [0.25, 0.3) is 16.7 Å². The molecule has 152 valence electrons. The van der Waals surface area contributed by atoms with Crippen LogP contribution in [0.1, 0.15) is 32.9 Å². The first-order valence-corrected chi connectivity index (χ1v) is 11.3. The summed E-state index contributed by atoms with van der Waals surface area (Å²) >= 11 is 0. The lowest BCUT2D eigenvalue weighted by molar-refractivity contribution is 0.0998. The fourth-order valence-electron chi connectivity index (χ4n) is 3.85. The molecule has 1 aliphatic heterocycles. The summed E-state index contributed by atoms with van der Waals surface area (Å²) in [6.07, 6.45) is 0. The van der Waals surface area contributed by atoms with E-state index in [0.29, 0.717) is 22.7 Å². The van der Waals surface area contributed by atoms with E-state index in [-0.39, 0.29) is 17.3 Å². The number of nitrogens with zero attached hydrogens (tertiary/aromatic N) is 2. The van der Waals surface area contributed by atoms with Crippen LogP contribution in [-0.2, 0) is 21.3 Å². The Morgan fingerprint density at radius 2 is 1.90 bits per heavy atom. The number of sulfone groups is 1. The van der Waals surface area contributed by atoms with E-state index in [9.17, 15) is 13.2 Å². The summed E-state index contributed by atoms with van der Waals surface area (Å²) < 4.78 is 31.6. The molecule has 3 heterocycles. The zero-order valence-corrected chi connectivity index (χ0v) is 17.3. The van der Waals surface area contributed by atoms with Crippen LogP contribution in [0.3, 0.4) is 0 Å². The van der Waals surface area contributed by atoms with Gasteiger partial charge in [0, 0.05) is 10.9 Å². The number of rotatable bonds is 3. The molecule has 5 rings (SSSR count). The standard InChI is InChI=1S/C22H19N3O4S/c1-13-7-8-18(14(2)9-13)25-21(16-11-30(27,28)12-17(16)24-25)23-22(26)20-10-15-5-3-4-6-19(15)29-20/h3-10H,11-12H2,1-2H3,(H,23,26). The lowest BCUT2D eigenvalue weighted by Gasteiger charge is -2.13. The Morgan fingerprint density at radius 1 is 1.10 bits per heavy atom. The number of carbonyl (C=O) groups is 1. The zero-order valence-electron chi connectivity index (χ0n) is 16.5. The first-order valence-electron chi connectivity index (χ1n) is 9.49. The largest absolute Gasteiger partial charge is 0.451 e. The van der Waals surface area contributed by atoms with E-state index in [4.69, 9.17) is 4.42 Å². The predicted octanol–water partition coefficient (Wildman–Crippen LogP) is 3.92. The quantitative estimate of drug-likeness (QED) is 0.541. The number of aryl methyl sites for hydroxylation is 2. The van der Waals surface area contributed by atoms with E-state index in [1.165, 1.54) is 0 Å². The molecule has 1 aliphatic rings. The third-order valence-corrected chi connectivity index (χ3v) is 6.69. The fourth-order valence-corrected chi connectivity index (χ4v) is 5.34. The molecular weight excluding hydrogens is 402 g/mol. The predicted molar refractivity (Wildman–Crippen MR) is 114 cm³/mol. The molecule has 0 fully saturated rings. The molecule has 0 unspecified atom stereocenters. The van der Waals surface area contributed by atoms with Crippen molar-refractivity contribution >= 4 is 32.5 Å². The number of hydrogen-bond acceptors (Lipinski definition) is 5. The van der Waals surface area contributed by atoms with Crippen molar-refractivity contribution in [2.24, 2.45) is 0 Å². The maximum atomic E-state index is 13.0. The van der Waals surface area contributed by atoms with Crippen LogP contribution >= 0.6 is 0 Å². The van der Waals surface area contributed by atoms with E-state index >= 15 is 0 Å². The first-order chi connectivity index (χ1) is 14.3. The molecule has 1 N–H and O–H groups in total. The van der Waals surface area contributed by atoms with Gasteiger partial charge in [0.2, 0.25) is 0 Å². The number of benzene rings is 2. The van der Waals surface area contributed by atoms with Gasteiger partial charge in [-0.2, -0.15) is 5.10 Å². The van der Waals surface area contributed by atoms with Crippen molar-refractivity contribution in [3.8, 4) is 5.69 Å². The van der Waals surface area contributed by atoms with Crippen LogP contribution < -0.4 is 5.32 Å². The van der Waals surface area contributed by atoms with Gasteiger partial charge >= 0.3 is 0 Å². The lowest BCUT2D eigenvalue weighted by Crippen LogP contribution is -2.16. The molecule has 0 spiro atoms. The van der Waals surface area contributed by atoms with Crippen LogP contribution in [0.4, 0.5) is 5.82 Å². The number of nitrogens with one attached hydrogen (secondary N) is 1. The monoisotopic (exact) mass is 421 g/mol. The average molecular weight is 421 g/mol. The van der Waals surface area contributed by atoms with Gasteiger partial charge in [0.1, 0.15) is 11.4 Å². The third-order valence-electron chi connectivity index (χ3n) is 5.25. The minimum absolute atomic E-state index is 0.131. The molecule has 0 saturated heterocycles. The summed E-state index contributed by atoms with van der Waals surface area (Å²) in [5.41, 5.74) is 4.46. The number of aromatic nitrogens is 2. The van der Waals surface area contributed by atoms with Crippen LogP contribution in [-0.4, -0.2) is 24.1 Å². The van der Waals surface area contributed by atoms with Gasteiger partial charge in [-0.1, -0.05) is 35.9 Å². The van der Waals surface area contributed by atoms with Crippen LogP contribution in [0.15, 0.2) is 52.9 Å². The summed E-state index contributed by atoms with van der Waals surface area (Å²) in [6.45, 7) is 3.95. The fraction of sp³-hybridized carbons (Fsp3) is 0.182. The highest BCUT2D eigenvalue weighted by molar-refractivity contribution is 7.90. The van der Waals surface area contributed by atoms with Crippen LogP contribution in [0.2, 0.25) is 0 Å². The molecule has 2 aromatic heterocycles. The summed E-state index contributed by atoms with van der Waals surface area (Å²) in [6, 6.07) is 14.9. The van der Waals surface area contributed by atoms with Gasteiger partial charge in [0.15, 0.2) is 15.6 Å². The Bertz CT molecular complexity index is 1400. The second-order valence-electron chi connectivity index (χ2n) is 7.61. The maximum absolute atomic E-state index is 13.0. The molecular formula is C22H19N3O4S. The second kappa shape index (κ2) is 6.56. The van der Waals surface area contributed by atoms with Crippen molar-refractivity contribution in [2.45, 2.75) is 25.4 Å². The Hall–Kier alpha value is -3.39. The van der Waals surface area contributed by atoms with Gasteiger partial charge in [0.25, 0.3) is 5.91 Å². The van der Waals surface area contributed by atoms with Crippen molar-refractivity contribution in [3.63, 3.8) is 0 Å². The summed E-state index contributed by atoms with van der Waals surface area (Å²) in [7, 11) is -3.27. The molecule has 0 saturated carbocycles. The number of fused-ring (bicyclic) bond motifs is 2. The number of amides is 1. The van der Waals surface area contributed by atoms with Gasteiger partial charge in [-0.25, -0.2) is 13.1 Å². The van der Waals surface area contributed by atoms with E-state index in [2.05, 4.69) is 10.4 Å². The number of para-hydroxylation sites is 1. The van der Waals surface area contributed by atoms with Gasteiger partial charge in [-0.3, -0.25) is 4.79 Å². The van der Waals surface area contributed by atoms with Crippen molar-refractivity contribution < 1.29 is 17.6 Å². The lowest BCUT2D eigenvalue weighted by atomic mass is 10.1. The number of carbonyl (C=O) groups excluding carboxylic acids is 1. The maximum Gasteiger partial charge on any atom is 0.292 e. The highest BCUT2D eigenvalue weighted by atomic mass is 32.2. The molecule has 0 atom stereocenters. The normalized spacial score (nSPS) is 14.7. The zero-order chi connectivity index (χ0) is 21.0. The molecule has 0 bridgehead atoms. The van der Waals surface area contributed by atoms with Gasteiger partial charge < -0.3 is 9.73 Å². The van der Waals surface area contributed by atoms with Crippen molar-refractivity contribution in [1.82, 2.24) is 9.78 Å². The van der Waals surface area contributed by atoms with E-state index in [1.54, 1.807) is 16.8 Å². The Morgan fingerprint density at radius 3 is 2.67 bits per heavy atom. The summed E-state index contributed by atoms with van der Waals surface area (Å²) in [5.74, 6) is -0.219. The molecule has 2 aromatic carbocycles. The molecule has 1 amide bonds. The smallest absolute Gasteiger partial charge is 0.292 e. The molecule has 30 heavy (non-hydrogen) atoms. The average Bonchev–Trinajstić information content (AvgIpc) is 3.33. The van der Waals surface area contributed by atoms with Crippen molar-refractivity contribution in [2.75, 3.05) is 5.32 Å². The molecule has 8 heteroatoms. The van der Waals surface area contributed by atoms with E-state index in [1.807, 2.05) is 50.2 Å². The topological polar surface area (TPSA) is 94.2 Å². The van der Waals surface area contributed by atoms with E-state index < -0.39 is 15.7 Å². The van der Waals surface area contributed by atoms with Gasteiger partial charge in [-0.15, -0.1) is 0 Å². The van der Waals surface area contributed by atoms with Crippen molar-refractivity contribution in [1.29, 1.82) is 0 Å². The Labute approximate surface area is 173 Å². The summed E-state index contributed by atoms with van der Waals surface area (Å²) in [5, 5.41) is 8.20. The SMILES string of the molecule is Cc1ccc(-n2nc3c(c2NC(=O)c2cc4ccccc4o2)CS(=O)(=O)C3)c(C)c1. The van der Waals surface area contributed by atoms with E-state index in [0.717, 1.165) is 22.2 Å². The van der Waals surface area contributed by atoms with Crippen molar-refractivity contribution in [3.05, 3.63) is 76.7 Å². The highest BCUT2D eigenvalue weighted by Gasteiger charge is 2.33. The molecule has 7 nitrogen and oxygen atoms in total. The molecule has 0 aliphatic carbocycles. The van der Waals surface area contributed by atoms with Gasteiger partial charge in [-0.05, 0) is 37.6 Å².